The number of rotatable bonds is 6. The second-order valence-electron chi connectivity index (χ2n) is 4.96. The molecule has 1 N–H and O–H groups in total. The summed E-state index contributed by atoms with van der Waals surface area (Å²) >= 11 is 0. The summed E-state index contributed by atoms with van der Waals surface area (Å²) in [7, 11) is 0. The van der Waals surface area contributed by atoms with Gasteiger partial charge in [-0.3, -0.25) is 9.20 Å². The van der Waals surface area contributed by atoms with Gasteiger partial charge in [0.05, 0.1) is 12.3 Å². The summed E-state index contributed by atoms with van der Waals surface area (Å²) in [5, 5.41) is 9.08. The molecule has 0 aliphatic carbocycles. The Morgan fingerprint density at radius 2 is 2.24 bits per heavy atom. The van der Waals surface area contributed by atoms with Gasteiger partial charge in [0.1, 0.15) is 5.69 Å². The van der Waals surface area contributed by atoms with Crippen LogP contribution in [-0.4, -0.2) is 33.5 Å². The van der Waals surface area contributed by atoms with Crippen LogP contribution in [0.3, 0.4) is 0 Å². The van der Waals surface area contributed by atoms with Gasteiger partial charge in [0.2, 0.25) is 0 Å². The van der Waals surface area contributed by atoms with Crippen molar-refractivity contribution in [2.45, 2.75) is 27.2 Å². The van der Waals surface area contributed by atoms with Gasteiger partial charge in [-0.05, 0) is 31.9 Å². The zero-order valence-corrected chi connectivity index (χ0v) is 13.3. The fourth-order valence-corrected chi connectivity index (χ4v) is 2.24. The Bertz CT molecular complexity index is 625. The predicted molar refractivity (Wildman–Crippen MR) is 83.5 cm³/mol. The first-order chi connectivity index (χ1) is 9.58. The number of carbonyl (C=O) groups excluding carboxylic acids is 1. The maximum atomic E-state index is 12.4. The molecular formula is C15H21ClN2O3. The van der Waals surface area contributed by atoms with Crippen molar-refractivity contribution in [3.05, 3.63) is 29.7 Å². The molecule has 0 bridgehead atoms. The van der Waals surface area contributed by atoms with Crippen molar-refractivity contribution in [2.24, 2.45) is 5.92 Å². The lowest BCUT2D eigenvalue weighted by atomic mass is 10.0. The average Bonchev–Trinajstić information content (AvgIpc) is 2.76. The summed E-state index contributed by atoms with van der Waals surface area (Å²) in [6.45, 7) is 6.14. The topological polar surface area (TPSA) is 63.8 Å². The van der Waals surface area contributed by atoms with Crippen LogP contribution < -0.4 is 4.74 Å². The number of aliphatic hydroxyl groups is 1. The average molecular weight is 313 g/mol. The standard InChI is InChI=1S/C15H20N2O3.ClH/c1-4-20-13-6-5-7-17-14(11(3)16-15(13)17)12(19)8-10(2)9-18;/h5-7,10,18H,4,8-9H2,1-3H3;1H/t10-;/m0./s1. The zero-order chi connectivity index (χ0) is 14.7. The quantitative estimate of drug-likeness (QED) is 0.833. The number of Topliss-reactive ketones (excluding diaryl/α,β-unsaturated/α-hetero) is 1. The van der Waals surface area contributed by atoms with Crippen LogP contribution >= 0.6 is 12.4 Å². The smallest absolute Gasteiger partial charge is 0.181 e. The van der Waals surface area contributed by atoms with E-state index in [0.717, 1.165) is 0 Å². The molecule has 1 atom stereocenters. The highest BCUT2D eigenvalue weighted by molar-refractivity contribution is 5.96. The lowest BCUT2D eigenvalue weighted by Crippen LogP contribution is -2.12. The Hall–Kier alpha value is -1.59. The van der Waals surface area contributed by atoms with Crippen molar-refractivity contribution in [2.75, 3.05) is 13.2 Å². The molecule has 0 spiro atoms. The summed E-state index contributed by atoms with van der Waals surface area (Å²) in [6.07, 6.45) is 2.12. The maximum Gasteiger partial charge on any atom is 0.181 e. The number of fused-ring (bicyclic) bond motifs is 1. The third kappa shape index (κ3) is 3.54. The van der Waals surface area contributed by atoms with E-state index in [9.17, 15) is 4.79 Å². The molecule has 0 amide bonds. The van der Waals surface area contributed by atoms with Gasteiger partial charge in [0, 0.05) is 19.2 Å². The fraction of sp³-hybridized carbons (Fsp3) is 0.467. The molecule has 2 aromatic heterocycles. The van der Waals surface area contributed by atoms with Gasteiger partial charge in [0.15, 0.2) is 17.2 Å². The van der Waals surface area contributed by atoms with Crippen LogP contribution in [0.25, 0.3) is 5.65 Å². The summed E-state index contributed by atoms with van der Waals surface area (Å²) in [4.78, 5) is 16.8. The molecule has 0 aliphatic rings. The number of halogens is 1. The van der Waals surface area contributed by atoms with E-state index in [1.165, 1.54) is 0 Å². The summed E-state index contributed by atoms with van der Waals surface area (Å²) in [5.74, 6) is 0.611. The van der Waals surface area contributed by atoms with Crippen LogP contribution in [0.1, 0.15) is 36.5 Å². The van der Waals surface area contributed by atoms with Crippen molar-refractivity contribution in [3.63, 3.8) is 0 Å². The third-order valence-corrected chi connectivity index (χ3v) is 3.20. The first kappa shape index (κ1) is 17.5. The molecule has 0 radical (unpaired) electrons. The van der Waals surface area contributed by atoms with E-state index in [1.807, 2.05) is 39.1 Å². The van der Waals surface area contributed by atoms with Gasteiger partial charge in [-0.15, -0.1) is 12.4 Å². The fourth-order valence-electron chi connectivity index (χ4n) is 2.24. The number of carbonyl (C=O) groups is 1. The Morgan fingerprint density at radius 3 is 2.86 bits per heavy atom. The van der Waals surface area contributed by atoms with Crippen LogP contribution in [0.5, 0.6) is 5.75 Å². The second-order valence-corrected chi connectivity index (χ2v) is 4.96. The number of ketones is 1. The van der Waals surface area contributed by atoms with Crippen molar-refractivity contribution in [3.8, 4) is 5.75 Å². The van der Waals surface area contributed by atoms with Crippen LogP contribution in [0, 0.1) is 12.8 Å². The van der Waals surface area contributed by atoms with Crippen LogP contribution in [0.4, 0.5) is 0 Å². The number of hydrogen-bond donors (Lipinski definition) is 1. The van der Waals surface area contributed by atoms with Crippen LogP contribution in [-0.2, 0) is 0 Å². The van der Waals surface area contributed by atoms with Gasteiger partial charge in [-0.25, -0.2) is 4.98 Å². The van der Waals surface area contributed by atoms with Gasteiger partial charge in [-0.1, -0.05) is 6.92 Å². The minimum absolute atomic E-state index is 0. The number of imidazole rings is 1. The van der Waals surface area contributed by atoms with E-state index in [1.54, 1.807) is 4.40 Å². The van der Waals surface area contributed by atoms with E-state index >= 15 is 0 Å². The van der Waals surface area contributed by atoms with Crippen molar-refractivity contribution >= 4 is 23.8 Å². The molecule has 0 aromatic carbocycles. The molecule has 2 heterocycles. The molecule has 2 aromatic rings. The Balaban J connectivity index is 0.00000220. The van der Waals surface area contributed by atoms with Gasteiger partial charge in [0.25, 0.3) is 0 Å². The molecule has 0 unspecified atom stereocenters. The third-order valence-electron chi connectivity index (χ3n) is 3.20. The number of nitrogens with zero attached hydrogens (tertiary/aromatic N) is 2. The Labute approximate surface area is 130 Å². The lowest BCUT2D eigenvalue weighted by Gasteiger charge is -2.08. The molecule has 0 aliphatic heterocycles. The van der Waals surface area contributed by atoms with Crippen molar-refractivity contribution in [1.29, 1.82) is 0 Å². The molecule has 0 saturated heterocycles. The number of pyridine rings is 1. The molecule has 6 heteroatoms. The van der Waals surface area contributed by atoms with E-state index in [4.69, 9.17) is 9.84 Å². The molecule has 2 rings (SSSR count). The van der Waals surface area contributed by atoms with Gasteiger partial charge < -0.3 is 9.84 Å². The lowest BCUT2D eigenvalue weighted by molar-refractivity contribution is 0.0937. The Morgan fingerprint density at radius 1 is 1.52 bits per heavy atom. The molecule has 0 saturated carbocycles. The summed E-state index contributed by atoms with van der Waals surface area (Å²) < 4.78 is 7.31. The van der Waals surface area contributed by atoms with E-state index < -0.39 is 0 Å². The van der Waals surface area contributed by atoms with Gasteiger partial charge in [-0.2, -0.15) is 0 Å². The number of aliphatic hydroxyl groups excluding tert-OH is 1. The summed E-state index contributed by atoms with van der Waals surface area (Å²) in [6, 6.07) is 3.68. The highest BCUT2D eigenvalue weighted by Crippen LogP contribution is 2.23. The molecular weight excluding hydrogens is 292 g/mol. The maximum absolute atomic E-state index is 12.4. The van der Waals surface area contributed by atoms with Crippen molar-refractivity contribution < 1.29 is 14.6 Å². The predicted octanol–water partition coefficient (Wildman–Crippen LogP) is 2.66. The van der Waals surface area contributed by atoms with Crippen LogP contribution in [0.2, 0.25) is 0 Å². The van der Waals surface area contributed by atoms with E-state index in [2.05, 4.69) is 4.98 Å². The first-order valence-electron chi connectivity index (χ1n) is 6.83. The zero-order valence-electron chi connectivity index (χ0n) is 12.5. The van der Waals surface area contributed by atoms with E-state index in [0.29, 0.717) is 35.8 Å². The van der Waals surface area contributed by atoms with Crippen molar-refractivity contribution in [1.82, 2.24) is 9.38 Å². The molecule has 116 valence electrons. The van der Waals surface area contributed by atoms with Gasteiger partial charge >= 0.3 is 0 Å². The highest BCUT2D eigenvalue weighted by atomic mass is 35.5. The molecule has 0 fully saturated rings. The molecule has 21 heavy (non-hydrogen) atoms. The van der Waals surface area contributed by atoms with Crippen LogP contribution in [0.15, 0.2) is 18.3 Å². The SMILES string of the molecule is CCOc1cccn2c(C(=O)C[C@H](C)CO)c(C)nc12.Cl. The first-order valence-corrected chi connectivity index (χ1v) is 6.83. The molecule has 5 nitrogen and oxygen atoms in total. The van der Waals surface area contributed by atoms with E-state index in [-0.39, 0.29) is 30.7 Å². The minimum atomic E-state index is -0.0532. The second kappa shape index (κ2) is 7.43. The number of hydrogen-bond acceptors (Lipinski definition) is 4. The minimum Gasteiger partial charge on any atom is -0.490 e. The number of aryl methyl sites for hydroxylation is 1. The largest absolute Gasteiger partial charge is 0.490 e. The summed E-state index contributed by atoms with van der Waals surface area (Å²) in [5.41, 5.74) is 1.92. The number of ether oxygens (including phenoxy) is 1. The monoisotopic (exact) mass is 312 g/mol. The number of aromatic nitrogens is 2. The Kier molecular flexibility index (Phi) is 6.18. The normalized spacial score (nSPS) is 12.0. The highest BCUT2D eigenvalue weighted by Gasteiger charge is 2.20.